The minimum atomic E-state index is -0.423. The number of carbonyl (C=O) groups is 2. The van der Waals surface area contributed by atoms with Crippen LogP contribution in [0, 0.1) is 0 Å². The Kier molecular flexibility index (Phi) is 7.76. The SMILES string of the molecule is CCN(CC)Cc1ccccc1CNC(=O)c1cccc(OC(=O)c2cccs2)c1. The van der Waals surface area contributed by atoms with E-state index in [0.29, 0.717) is 22.7 Å². The Balaban J connectivity index is 1.64. The molecule has 1 N–H and O–H groups in total. The Hall–Kier alpha value is -2.96. The second-order valence-corrected chi connectivity index (χ2v) is 7.76. The van der Waals surface area contributed by atoms with E-state index in [0.717, 1.165) is 25.2 Å². The van der Waals surface area contributed by atoms with Crippen LogP contribution in [-0.2, 0) is 13.1 Å². The predicted molar refractivity (Wildman–Crippen MR) is 120 cm³/mol. The molecule has 0 fully saturated rings. The molecule has 0 bridgehead atoms. The van der Waals surface area contributed by atoms with Crippen LogP contribution in [0.4, 0.5) is 0 Å². The van der Waals surface area contributed by atoms with Crippen molar-refractivity contribution in [2.75, 3.05) is 13.1 Å². The van der Waals surface area contributed by atoms with E-state index in [1.165, 1.54) is 16.9 Å². The highest BCUT2D eigenvalue weighted by atomic mass is 32.1. The highest BCUT2D eigenvalue weighted by Gasteiger charge is 2.13. The average Bonchev–Trinajstić information content (AvgIpc) is 3.32. The van der Waals surface area contributed by atoms with Gasteiger partial charge < -0.3 is 10.1 Å². The van der Waals surface area contributed by atoms with Crippen LogP contribution in [0.15, 0.2) is 66.0 Å². The van der Waals surface area contributed by atoms with Crippen molar-refractivity contribution >= 4 is 23.2 Å². The van der Waals surface area contributed by atoms with Crippen LogP contribution in [0.1, 0.15) is 45.0 Å². The fraction of sp³-hybridized carbons (Fsp3) is 0.250. The van der Waals surface area contributed by atoms with Gasteiger partial charge in [-0.15, -0.1) is 11.3 Å². The lowest BCUT2D eigenvalue weighted by Crippen LogP contribution is -2.26. The lowest BCUT2D eigenvalue weighted by Gasteiger charge is -2.20. The molecule has 0 aliphatic heterocycles. The van der Waals surface area contributed by atoms with Crippen molar-refractivity contribution in [2.45, 2.75) is 26.9 Å². The maximum absolute atomic E-state index is 12.7. The van der Waals surface area contributed by atoms with Crippen molar-refractivity contribution in [1.82, 2.24) is 10.2 Å². The summed E-state index contributed by atoms with van der Waals surface area (Å²) in [5.74, 6) is -0.280. The molecule has 30 heavy (non-hydrogen) atoms. The third-order valence-electron chi connectivity index (χ3n) is 4.88. The monoisotopic (exact) mass is 422 g/mol. The molecule has 0 atom stereocenters. The fourth-order valence-corrected chi connectivity index (χ4v) is 3.70. The summed E-state index contributed by atoms with van der Waals surface area (Å²) >= 11 is 1.32. The Morgan fingerprint density at radius 3 is 2.43 bits per heavy atom. The highest BCUT2D eigenvalue weighted by molar-refractivity contribution is 7.12. The molecule has 1 heterocycles. The summed E-state index contributed by atoms with van der Waals surface area (Å²) in [6, 6.07) is 18.3. The molecule has 0 aliphatic rings. The summed E-state index contributed by atoms with van der Waals surface area (Å²) in [5, 5.41) is 4.80. The molecule has 0 radical (unpaired) electrons. The molecule has 0 spiro atoms. The zero-order chi connectivity index (χ0) is 21.3. The Bertz CT molecular complexity index is 982. The lowest BCUT2D eigenvalue weighted by atomic mass is 10.1. The molecule has 3 rings (SSSR count). The standard InChI is InChI=1S/C24H26N2O3S/c1-3-26(4-2)17-20-10-6-5-9-19(20)16-25-23(27)18-11-7-12-21(15-18)29-24(28)22-13-8-14-30-22/h5-15H,3-4,16-17H2,1-2H3,(H,25,27). The van der Waals surface area contributed by atoms with Crippen LogP contribution in [0.25, 0.3) is 0 Å². The van der Waals surface area contributed by atoms with Crippen molar-refractivity contribution in [3.05, 3.63) is 87.6 Å². The number of rotatable bonds is 9. The number of ether oxygens (including phenoxy) is 1. The first-order chi connectivity index (χ1) is 14.6. The molecule has 6 heteroatoms. The van der Waals surface area contributed by atoms with E-state index in [9.17, 15) is 9.59 Å². The normalized spacial score (nSPS) is 10.8. The van der Waals surface area contributed by atoms with Crippen molar-refractivity contribution < 1.29 is 14.3 Å². The number of amides is 1. The topological polar surface area (TPSA) is 58.6 Å². The number of benzene rings is 2. The van der Waals surface area contributed by atoms with Gasteiger partial charge in [-0.25, -0.2) is 4.79 Å². The van der Waals surface area contributed by atoms with Crippen molar-refractivity contribution in [2.24, 2.45) is 0 Å². The molecule has 2 aromatic carbocycles. The van der Waals surface area contributed by atoms with Gasteiger partial charge in [0.05, 0.1) is 0 Å². The highest BCUT2D eigenvalue weighted by Crippen LogP contribution is 2.18. The second-order valence-electron chi connectivity index (χ2n) is 6.81. The fourth-order valence-electron chi connectivity index (χ4n) is 3.10. The maximum Gasteiger partial charge on any atom is 0.353 e. The van der Waals surface area contributed by atoms with Crippen molar-refractivity contribution in [3.8, 4) is 5.75 Å². The van der Waals surface area contributed by atoms with Crippen molar-refractivity contribution in [1.29, 1.82) is 0 Å². The Labute approximate surface area is 181 Å². The first-order valence-corrected chi connectivity index (χ1v) is 10.9. The molecule has 0 aliphatic carbocycles. The predicted octanol–water partition coefficient (Wildman–Crippen LogP) is 4.74. The van der Waals surface area contributed by atoms with E-state index in [1.807, 2.05) is 23.6 Å². The van der Waals surface area contributed by atoms with Gasteiger partial charge in [0.25, 0.3) is 5.91 Å². The van der Waals surface area contributed by atoms with Crippen molar-refractivity contribution in [3.63, 3.8) is 0 Å². The van der Waals surface area contributed by atoms with Crippen LogP contribution < -0.4 is 10.1 Å². The van der Waals surface area contributed by atoms with Gasteiger partial charge in [-0.05, 0) is 53.9 Å². The number of thiophene rings is 1. The third kappa shape index (κ3) is 5.78. The van der Waals surface area contributed by atoms with E-state index in [1.54, 1.807) is 36.4 Å². The van der Waals surface area contributed by atoms with Gasteiger partial charge >= 0.3 is 5.97 Å². The minimum Gasteiger partial charge on any atom is -0.422 e. The zero-order valence-corrected chi connectivity index (χ0v) is 18.1. The summed E-state index contributed by atoms with van der Waals surface area (Å²) in [5.41, 5.74) is 2.76. The summed E-state index contributed by atoms with van der Waals surface area (Å²) in [6.07, 6.45) is 0. The second kappa shape index (κ2) is 10.7. The quantitative estimate of drug-likeness (QED) is 0.400. The average molecular weight is 423 g/mol. The van der Waals surface area contributed by atoms with E-state index in [2.05, 4.69) is 30.1 Å². The Morgan fingerprint density at radius 1 is 0.967 bits per heavy atom. The molecule has 5 nitrogen and oxygen atoms in total. The first-order valence-electron chi connectivity index (χ1n) is 10.0. The molecule has 1 aromatic heterocycles. The Morgan fingerprint density at radius 2 is 1.73 bits per heavy atom. The van der Waals surface area contributed by atoms with Gasteiger partial charge in [0.1, 0.15) is 10.6 Å². The van der Waals surface area contributed by atoms with E-state index >= 15 is 0 Å². The molecule has 0 saturated heterocycles. The molecule has 3 aromatic rings. The number of carbonyl (C=O) groups excluding carboxylic acids is 2. The van der Waals surface area contributed by atoms with Gasteiger partial charge in [0, 0.05) is 18.7 Å². The number of hydrogen-bond acceptors (Lipinski definition) is 5. The smallest absolute Gasteiger partial charge is 0.353 e. The molecular formula is C24H26N2O3S. The number of nitrogens with zero attached hydrogens (tertiary/aromatic N) is 1. The largest absolute Gasteiger partial charge is 0.422 e. The van der Waals surface area contributed by atoms with Gasteiger partial charge in [0.2, 0.25) is 0 Å². The van der Waals surface area contributed by atoms with Gasteiger partial charge in [-0.1, -0.05) is 50.2 Å². The molecule has 0 unspecified atom stereocenters. The molecular weight excluding hydrogens is 396 g/mol. The van der Waals surface area contributed by atoms with Gasteiger partial charge in [0.15, 0.2) is 0 Å². The summed E-state index contributed by atoms with van der Waals surface area (Å²) in [4.78, 5) is 27.7. The van der Waals surface area contributed by atoms with Crippen LogP contribution in [0.2, 0.25) is 0 Å². The first kappa shape index (κ1) is 21.7. The number of hydrogen-bond donors (Lipinski definition) is 1. The molecule has 0 saturated carbocycles. The third-order valence-corrected chi connectivity index (χ3v) is 5.73. The summed E-state index contributed by atoms with van der Waals surface area (Å²) in [6.45, 7) is 7.54. The maximum atomic E-state index is 12.7. The zero-order valence-electron chi connectivity index (χ0n) is 17.3. The van der Waals surface area contributed by atoms with E-state index in [-0.39, 0.29) is 5.91 Å². The van der Waals surface area contributed by atoms with Crippen LogP contribution in [0.5, 0.6) is 5.75 Å². The van der Waals surface area contributed by atoms with Crippen LogP contribution in [-0.4, -0.2) is 29.9 Å². The lowest BCUT2D eigenvalue weighted by molar-refractivity contribution is 0.0738. The van der Waals surface area contributed by atoms with Gasteiger partial charge in [-0.2, -0.15) is 0 Å². The van der Waals surface area contributed by atoms with Crippen LogP contribution >= 0.6 is 11.3 Å². The van der Waals surface area contributed by atoms with E-state index < -0.39 is 5.97 Å². The number of esters is 1. The summed E-state index contributed by atoms with van der Waals surface area (Å²) in [7, 11) is 0. The molecule has 1 amide bonds. The van der Waals surface area contributed by atoms with E-state index in [4.69, 9.17) is 4.74 Å². The van der Waals surface area contributed by atoms with Gasteiger partial charge in [-0.3, -0.25) is 9.69 Å². The number of nitrogens with one attached hydrogen (secondary N) is 1. The summed E-state index contributed by atoms with van der Waals surface area (Å²) < 4.78 is 5.39. The molecule has 156 valence electrons. The minimum absolute atomic E-state index is 0.207. The van der Waals surface area contributed by atoms with Crippen LogP contribution in [0.3, 0.4) is 0 Å².